The number of carbonyl (C=O) groups is 1. The molecule has 2 N–H and O–H groups in total. The van der Waals surface area contributed by atoms with Gasteiger partial charge in [-0.15, -0.1) is 0 Å². The molecule has 0 bridgehead atoms. The summed E-state index contributed by atoms with van der Waals surface area (Å²) in [6.45, 7) is 3.51. The molecule has 5 nitrogen and oxygen atoms in total. The average molecular weight is 347 g/mol. The Morgan fingerprint density at radius 1 is 1.28 bits per heavy atom. The average Bonchev–Trinajstić information content (AvgIpc) is 3.04. The third-order valence-electron chi connectivity index (χ3n) is 4.41. The summed E-state index contributed by atoms with van der Waals surface area (Å²) >= 11 is 0. The predicted molar refractivity (Wildman–Crippen MR) is 90.8 cm³/mol. The van der Waals surface area contributed by atoms with Crippen LogP contribution in [0.2, 0.25) is 0 Å². The molecule has 1 amide bonds. The van der Waals surface area contributed by atoms with Gasteiger partial charge in [-0.2, -0.15) is 0 Å². The first-order valence-electron chi connectivity index (χ1n) is 8.12. The van der Waals surface area contributed by atoms with E-state index in [9.17, 15) is 18.4 Å². The van der Waals surface area contributed by atoms with Gasteiger partial charge < -0.3 is 15.2 Å². The largest absolute Gasteiger partial charge is 0.371 e. The third-order valence-corrected chi connectivity index (χ3v) is 4.41. The van der Waals surface area contributed by atoms with Gasteiger partial charge in [0.2, 0.25) is 0 Å². The lowest BCUT2D eigenvalue weighted by Gasteiger charge is -2.19. The Balaban J connectivity index is 1.57. The van der Waals surface area contributed by atoms with E-state index in [4.69, 9.17) is 0 Å². The number of rotatable bonds is 4. The molecule has 1 aromatic heterocycles. The number of halogens is 2. The zero-order valence-corrected chi connectivity index (χ0v) is 13.8. The number of aromatic amines is 1. The molecule has 1 aliphatic rings. The van der Waals surface area contributed by atoms with Crippen LogP contribution in [0.15, 0.2) is 35.1 Å². The van der Waals surface area contributed by atoms with Gasteiger partial charge in [-0.1, -0.05) is 0 Å². The highest BCUT2D eigenvalue weighted by Gasteiger charge is 2.24. The summed E-state index contributed by atoms with van der Waals surface area (Å²) in [5, 5.41) is 2.77. The van der Waals surface area contributed by atoms with Gasteiger partial charge >= 0.3 is 0 Å². The molecule has 3 rings (SSSR count). The highest BCUT2D eigenvalue weighted by molar-refractivity contribution is 5.93. The molecule has 0 spiro atoms. The lowest BCUT2D eigenvalue weighted by atomic mass is 10.1. The van der Waals surface area contributed by atoms with Crippen LogP contribution in [0.25, 0.3) is 0 Å². The molecule has 25 heavy (non-hydrogen) atoms. The highest BCUT2D eigenvalue weighted by atomic mass is 19.2. The second kappa shape index (κ2) is 7.04. The topological polar surface area (TPSA) is 65.2 Å². The van der Waals surface area contributed by atoms with E-state index in [2.05, 4.69) is 10.3 Å². The molecule has 1 atom stereocenters. The number of H-pyrrole nitrogens is 1. The first-order chi connectivity index (χ1) is 11.9. The van der Waals surface area contributed by atoms with Gasteiger partial charge in [0.25, 0.3) is 11.5 Å². The van der Waals surface area contributed by atoms with Crippen LogP contribution in [0.3, 0.4) is 0 Å². The van der Waals surface area contributed by atoms with Crippen molar-refractivity contribution in [3.05, 3.63) is 63.6 Å². The third kappa shape index (κ3) is 3.87. The van der Waals surface area contributed by atoms with Crippen LogP contribution in [0.5, 0.6) is 0 Å². The second-order valence-corrected chi connectivity index (χ2v) is 6.29. The SMILES string of the molecule is Cc1ccc(C(=O)NC[C@H]2CCN(c3ccc(F)c(F)c3)C2)c(=O)[nH]1. The molecule has 0 aliphatic carbocycles. The number of carbonyl (C=O) groups excluding carboxylic acids is 1. The van der Waals surface area contributed by atoms with E-state index >= 15 is 0 Å². The number of nitrogens with zero attached hydrogens (tertiary/aromatic N) is 1. The minimum Gasteiger partial charge on any atom is -0.371 e. The maximum Gasteiger partial charge on any atom is 0.260 e. The molecule has 2 aromatic rings. The first-order valence-corrected chi connectivity index (χ1v) is 8.12. The van der Waals surface area contributed by atoms with Crippen LogP contribution < -0.4 is 15.8 Å². The van der Waals surface area contributed by atoms with Gasteiger partial charge in [-0.25, -0.2) is 8.78 Å². The van der Waals surface area contributed by atoms with Gasteiger partial charge in [0.05, 0.1) is 0 Å². The molecular weight excluding hydrogens is 328 g/mol. The van der Waals surface area contributed by atoms with Gasteiger partial charge in [-0.3, -0.25) is 9.59 Å². The van der Waals surface area contributed by atoms with Gasteiger partial charge in [-0.05, 0) is 43.5 Å². The van der Waals surface area contributed by atoms with Gasteiger partial charge in [0, 0.05) is 37.1 Å². The summed E-state index contributed by atoms with van der Waals surface area (Å²) < 4.78 is 26.4. The monoisotopic (exact) mass is 347 g/mol. The van der Waals surface area contributed by atoms with E-state index in [0.29, 0.717) is 31.0 Å². The Morgan fingerprint density at radius 2 is 2.08 bits per heavy atom. The van der Waals surface area contributed by atoms with Crippen molar-refractivity contribution in [3.63, 3.8) is 0 Å². The molecule has 2 heterocycles. The molecule has 1 saturated heterocycles. The standard InChI is InChI=1S/C18H19F2N3O2/c1-11-2-4-14(18(25)22-11)17(24)21-9-12-6-7-23(10-12)13-3-5-15(19)16(20)8-13/h2-5,8,12H,6-7,9-10H2,1H3,(H,21,24)(H,22,25)/t12-/m1/s1. The fraction of sp³-hybridized carbons (Fsp3) is 0.333. The Bertz CT molecular complexity index is 850. The zero-order chi connectivity index (χ0) is 18.0. The number of hydrogen-bond donors (Lipinski definition) is 2. The smallest absolute Gasteiger partial charge is 0.260 e. The lowest BCUT2D eigenvalue weighted by Crippen LogP contribution is -2.34. The van der Waals surface area contributed by atoms with Crippen molar-refractivity contribution in [2.24, 2.45) is 5.92 Å². The molecule has 1 aromatic carbocycles. The van der Waals surface area contributed by atoms with Crippen molar-refractivity contribution < 1.29 is 13.6 Å². The molecule has 7 heteroatoms. The van der Waals surface area contributed by atoms with Crippen molar-refractivity contribution in [2.45, 2.75) is 13.3 Å². The van der Waals surface area contributed by atoms with E-state index in [1.54, 1.807) is 19.1 Å². The van der Waals surface area contributed by atoms with E-state index in [1.165, 1.54) is 12.1 Å². The summed E-state index contributed by atoms with van der Waals surface area (Å²) in [6.07, 6.45) is 0.823. The molecule has 1 fully saturated rings. The quantitative estimate of drug-likeness (QED) is 0.891. The maximum absolute atomic E-state index is 13.3. The highest BCUT2D eigenvalue weighted by Crippen LogP contribution is 2.25. The normalized spacial score (nSPS) is 16.9. The number of nitrogens with one attached hydrogen (secondary N) is 2. The summed E-state index contributed by atoms with van der Waals surface area (Å²) in [4.78, 5) is 28.5. The van der Waals surface area contributed by atoms with Crippen molar-refractivity contribution in [1.82, 2.24) is 10.3 Å². The molecular formula is C18H19F2N3O2. The van der Waals surface area contributed by atoms with E-state index in [-0.39, 0.29) is 11.5 Å². The zero-order valence-electron chi connectivity index (χ0n) is 13.8. The Morgan fingerprint density at radius 3 is 2.80 bits per heavy atom. The summed E-state index contributed by atoms with van der Waals surface area (Å²) in [5.74, 6) is -1.96. The number of anilines is 1. The molecule has 0 unspecified atom stereocenters. The van der Waals surface area contributed by atoms with Crippen molar-refractivity contribution in [3.8, 4) is 0 Å². The van der Waals surface area contributed by atoms with Gasteiger partial charge in [0.15, 0.2) is 11.6 Å². The Labute approximate surface area is 143 Å². The minimum absolute atomic E-state index is 0.0843. The van der Waals surface area contributed by atoms with E-state index in [0.717, 1.165) is 12.5 Å². The number of aromatic nitrogens is 1. The molecule has 0 radical (unpaired) electrons. The fourth-order valence-corrected chi connectivity index (χ4v) is 3.00. The molecule has 0 saturated carbocycles. The van der Waals surface area contributed by atoms with E-state index < -0.39 is 23.1 Å². The van der Waals surface area contributed by atoms with Gasteiger partial charge in [0.1, 0.15) is 5.56 Å². The van der Waals surface area contributed by atoms with Crippen molar-refractivity contribution in [2.75, 3.05) is 24.5 Å². The maximum atomic E-state index is 13.3. The van der Waals surface area contributed by atoms with Crippen LogP contribution in [0.1, 0.15) is 22.5 Å². The van der Waals surface area contributed by atoms with Crippen molar-refractivity contribution >= 4 is 11.6 Å². The molecule has 1 aliphatic heterocycles. The number of benzene rings is 1. The lowest BCUT2D eigenvalue weighted by molar-refractivity contribution is 0.0946. The van der Waals surface area contributed by atoms with Crippen LogP contribution in [0, 0.1) is 24.5 Å². The summed E-state index contributed by atoms with van der Waals surface area (Å²) in [5.41, 5.74) is 0.996. The van der Waals surface area contributed by atoms with Crippen LogP contribution in [0.4, 0.5) is 14.5 Å². The summed E-state index contributed by atoms with van der Waals surface area (Å²) in [6, 6.07) is 7.03. The van der Waals surface area contributed by atoms with Crippen LogP contribution >= 0.6 is 0 Å². The summed E-state index contributed by atoms with van der Waals surface area (Å²) in [7, 11) is 0. The van der Waals surface area contributed by atoms with E-state index in [1.807, 2.05) is 4.90 Å². The molecule has 132 valence electrons. The Hall–Kier alpha value is -2.70. The Kier molecular flexibility index (Phi) is 4.83. The first kappa shape index (κ1) is 17.1. The van der Waals surface area contributed by atoms with Crippen molar-refractivity contribution in [1.29, 1.82) is 0 Å². The second-order valence-electron chi connectivity index (χ2n) is 6.29. The number of hydrogen-bond acceptors (Lipinski definition) is 3. The predicted octanol–water partition coefficient (Wildman–Crippen LogP) is 2.22. The fourth-order valence-electron chi connectivity index (χ4n) is 3.00. The number of amides is 1. The number of pyridine rings is 1. The minimum atomic E-state index is -0.868. The number of aryl methyl sites for hydroxylation is 1. The van der Waals surface area contributed by atoms with Crippen LogP contribution in [-0.2, 0) is 0 Å². The van der Waals surface area contributed by atoms with Crippen LogP contribution in [-0.4, -0.2) is 30.5 Å².